The van der Waals surface area contributed by atoms with E-state index in [4.69, 9.17) is 0 Å². The van der Waals surface area contributed by atoms with E-state index >= 15 is 0 Å². The zero-order chi connectivity index (χ0) is 11.8. The van der Waals surface area contributed by atoms with Gasteiger partial charge in [0.15, 0.2) is 0 Å². The van der Waals surface area contributed by atoms with Crippen molar-refractivity contribution in [1.82, 2.24) is 4.90 Å². The second kappa shape index (κ2) is 3.63. The van der Waals surface area contributed by atoms with Crippen LogP contribution in [0.3, 0.4) is 0 Å². The first-order valence-corrected chi connectivity index (χ1v) is 5.46. The van der Waals surface area contributed by atoms with Crippen LogP contribution in [0.1, 0.15) is 21.5 Å². The Morgan fingerprint density at radius 1 is 1.35 bits per heavy atom. The monoisotopic (exact) mass is 225 g/mol. The van der Waals surface area contributed by atoms with Crippen molar-refractivity contribution in [2.24, 2.45) is 0 Å². The van der Waals surface area contributed by atoms with Crippen LogP contribution in [-0.2, 0) is 0 Å². The quantitative estimate of drug-likeness (QED) is 0.798. The molecule has 0 aliphatic carbocycles. The van der Waals surface area contributed by atoms with Gasteiger partial charge in [0.25, 0.3) is 0 Å². The van der Waals surface area contributed by atoms with Crippen LogP contribution in [0, 0.1) is 0 Å². The maximum atomic E-state index is 11.3. The summed E-state index contributed by atoms with van der Waals surface area (Å²) in [6, 6.07) is 5.37. The van der Waals surface area contributed by atoms with Crippen LogP contribution in [0.4, 0.5) is 0 Å². The van der Waals surface area contributed by atoms with Gasteiger partial charge in [-0.25, -0.2) is 4.79 Å². The SMILES string of the molecule is O=C(O)c1cccc2c1C1=CC=CCN1C=C2. The summed E-state index contributed by atoms with van der Waals surface area (Å²) >= 11 is 0. The normalized spacial score (nSPS) is 16.2. The molecular weight excluding hydrogens is 214 g/mol. The summed E-state index contributed by atoms with van der Waals surface area (Å²) in [5, 5.41) is 9.24. The lowest BCUT2D eigenvalue weighted by molar-refractivity contribution is 0.0696. The highest BCUT2D eigenvalue weighted by Crippen LogP contribution is 2.33. The number of hydrogen-bond donors (Lipinski definition) is 1. The molecule has 2 heterocycles. The number of aromatic carboxylic acids is 1. The van der Waals surface area contributed by atoms with Crippen molar-refractivity contribution in [2.45, 2.75) is 0 Å². The first-order chi connectivity index (χ1) is 8.27. The summed E-state index contributed by atoms with van der Waals surface area (Å²) < 4.78 is 0. The zero-order valence-electron chi connectivity index (χ0n) is 9.13. The number of carboxylic acids is 1. The Hall–Kier alpha value is -2.29. The summed E-state index contributed by atoms with van der Waals surface area (Å²) in [6.07, 6.45) is 9.91. The van der Waals surface area contributed by atoms with Gasteiger partial charge in [-0.15, -0.1) is 0 Å². The van der Waals surface area contributed by atoms with Crippen molar-refractivity contribution < 1.29 is 9.90 Å². The average molecular weight is 225 g/mol. The van der Waals surface area contributed by atoms with Gasteiger partial charge in [0.1, 0.15) is 0 Å². The molecular formula is C14H11NO2. The largest absolute Gasteiger partial charge is 0.478 e. The molecule has 0 fully saturated rings. The molecule has 3 nitrogen and oxygen atoms in total. The minimum Gasteiger partial charge on any atom is -0.478 e. The molecule has 3 rings (SSSR count). The third-order valence-electron chi connectivity index (χ3n) is 3.02. The van der Waals surface area contributed by atoms with E-state index in [9.17, 15) is 9.90 Å². The fourth-order valence-electron chi connectivity index (χ4n) is 2.24. The molecule has 0 atom stereocenters. The van der Waals surface area contributed by atoms with Gasteiger partial charge in [-0.2, -0.15) is 0 Å². The second-order valence-corrected chi connectivity index (χ2v) is 4.02. The van der Waals surface area contributed by atoms with E-state index in [1.165, 1.54) is 0 Å². The third kappa shape index (κ3) is 1.47. The molecule has 2 aliphatic heterocycles. The van der Waals surface area contributed by atoms with Gasteiger partial charge in [-0.1, -0.05) is 24.3 Å². The van der Waals surface area contributed by atoms with E-state index < -0.39 is 5.97 Å². The van der Waals surface area contributed by atoms with E-state index in [-0.39, 0.29) is 0 Å². The van der Waals surface area contributed by atoms with Crippen LogP contribution < -0.4 is 0 Å². The maximum Gasteiger partial charge on any atom is 0.336 e. The molecule has 17 heavy (non-hydrogen) atoms. The number of carboxylic acid groups (broad SMARTS) is 1. The molecule has 0 saturated carbocycles. The second-order valence-electron chi connectivity index (χ2n) is 4.02. The topological polar surface area (TPSA) is 40.5 Å². The summed E-state index contributed by atoms with van der Waals surface area (Å²) in [6.45, 7) is 0.787. The van der Waals surface area contributed by atoms with Crippen LogP contribution in [0.15, 0.2) is 42.6 Å². The summed E-state index contributed by atoms with van der Waals surface area (Å²) in [5.41, 5.74) is 3.09. The highest BCUT2D eigenvalue weighted by molar-refractivity contribution is 5.97. The minimum atomic E-state index is -0.882. The van der Waals surface area contributed by atoms with Crippen molar-refractivity contribution in [3.05, 3.63) is 59.3 Å². The van der Waals surface area contributed by atoms with Crippen LogP contribution in [-0.4, -0.2) is 22.5 Å². The molecule has 1 aromatic carbocycles. The molecule has 0 unspecified atom stereocenters. The third-order valence-corrected chi connectivity index (χ3v) is 3.02. The molecule has 1 N–H and O–H groups in total. The lowest BCUT2D eigenvalue weighted by atomic mass is 9.94. The fraction of sp³-hybridized carbons (Fsp3) is 0.0714. The molecule has 1 aromatic rings. The molecule has 0 amide bonds. The van der Waals surface area contributed by atoms with E-state index in [1.54, 1.807) is 12.1 Å². The van der Waals surface area contributed by atoms with E-state index in [1.807, 2.05) is 36.6 Å². The molecule has 84 valence electrons. The van der Waals surface area contributed by atoms with Crippen LogP contribution >= 0.6 is 0 Å². The number of allylic oxidation sites excluding steroid dienone is 2. The van der Waals surface area contributed by atoms with Gasteiger partial charge in [0.2, 0.25) is 0 Å². The van der Waals surface area contributed by atoms with Crippen molar-refractivity contribution in [3.8, 4) is 0 Å². The van der Waals surface area contributed by atoms with E-state index in [0.717, 1.165) is 23.4 Å². The minimum absolute atomic E-state index is 0.360. The number of fused-ring (bicyclic) bond motifs is 3. The van der Waals surface area contributed by atoms with Crippen LogP contribution in [0.5, 0.6) is 0 Å². The first kappa shape index (κ1) is 9.90. The molecule has 0 aromatic heterocycles. The summed E-state index contributed by atoms with van der Waals surface area (Å²) in [5.74, 6) is -0.882. The molecule has 0 spiro atoms. The Bertz CT molecular complexity index is 582. The highest BCUT2D eigenvalue weighted by atomic mass is 16.4. The predicted octanol–water partition coefficient (Wildman–Crippen LogP) is 2.58. The Morgan fingerprint density at radius 3 is 3.06 bits per heavy atom. The number of hydrogen-bond acceptors (Lipinski definition) is 2. The van der Waals surface area contributed by atoms with Gasteiger partial charge in [-0.3, -0.25) is 0 Å². The van der Waals surface area contributed by atoms with E-state index in [2.05, 4.69) is 4.90 Å². The van der Waals surface area contributed by atoms with Gasteiger partial charge < -0.3 is 10.0 Å². The Morgan fingerprint density at radius 2 is 2.24 bits per heavy atom. The van der Waals surface area contributed by atoms with Gasteiger partial charge in [0.05, 0.1) is 5.56 Å². The predicted molar refractivity (Wildman–Crippen MR) is 66.3 cm³/mol. The molecule has 0 bridgehead atoms. The molecule has 0 radical (unpaired) electrons. The number of benzene rings is 1. The molecule has 0 saturated heterocycles. The molecule has 2 aliphatic rings. The van der Waals surface area contributed by atoms with Gasteiger partial charge in [0, 0.05) is 24.0 Å². The van der Waals surface area contributed by atoms with Gasteiger partial charge >= 0.3 is 5.97 Å². The van der Waals surface area contributed by atoms with E-state index in [0.29, 0.717) is 5.56 Å². The fourth-order valence-corrected chi connectivity index (χ4v) is 2.24. The highest BCUT2D eigenvalue weighted by Gasteiger charge is 2.22. The van der Waals surface area contributed by atoms with Crippen LogP contribution in [0.25, 0.3) is 11.8 Å². The number of nitrogens with zero attached hydrogens (tertiary/aromatic N) is 1. The summed E-state index contributed by atoms with van der Waals surface area (Å²) in [7, 11) is 0. The van der Waals surface area contributed by atoms with Crippen LogP contribution in [0.2, 0.25) is 0 Å². The lowest BCUT2D eigenvalue weighted by Crippen LogP contribution is -2.22. The van der Waals surface area contributed by atoms with Gasteiger partial charge in [-0.05, 0) is 23.8 Å². The first-order valence-electron chi connectivity index (χ1n) is 5.46. The number of carbonyl (C=O) groups is 1. The Kier molecular flexibility index (Phi) is 2.11. The number of rotatable bonds is 1. The van der Waals surface area contributed by atoms with Crippen molar-refractivity contribution in [3.63, 3.8) is 0 Å². The Labute approximate surface area is 99.0 Å². The smallest absolute Gasteiger partial charge is 0.336 e. The molecule has 3 heteroatoms. The lowest BCUT2D eigenvalue weighted by Gasteiger charge is -2.30. The van der Waals surface area contributed by atoms with Crippen molar-refractivity contribution in [1.29, 1.82) is 0 Å². The standard InChI is InChI=1S/C14H11NO2/c16-14(17)11-5-3-4-10-7-9-15-8-2-1-6-12(15)13(10)11/h1-7,9H,8H2,(H,16,17). The van der Waals surface area contributed by atoms with Crippen molar-refractivity contribution in [2.75, 3.05) is 6.54 Å². The Balaban J connectivity index is 2.28. The summed E-state index contributed by atoms with van der Waals surface area (Å²) in [4.78, 5) is 13.3. The van der Waals surface area contributed by atoms with Crippen molar-refractivity contribution >= 4 is 17.7 Å². The average Bonchev–Trinajstić information content (AvgIpc) is 2.37. The zero-order valence-corrected chi connectivity index (χ0v) is 9.13. The maximum absolute atomic E-state index is 11.3.